The van der Waals surface area contributed by atoms with Gasteiger partial charge < -0.3 is 19.9 Å². The van der Waals surface area contributed by atoms with E-state index in [1.807, 2.05) is 43.1 Å². The van der Waals surface area contributed by atoms with Gasteiger partial charge in [0.2, 0.25) is 5.91 Å². The van der Waals surface area contributed by atoms with Crippen molar-refractivity contribution < 1.29 is 14.3 Å². The van der Waals surface area contributed by atoms with Crippen LogP contribution in [-0.4, -0.2) is 46.6 Å². The van der Waals surface area contributed by atoms with Crippen LogP contribution in [0.3, 0.4) is 0 Å². The molecule has 2 atom stereocenters. The second-order valence-electron chi connectivity index (χ2n) is 8.22. The van der Waals surface area contributed by atoms with E-state index in [-0.39, 0.29) is 17.9 Å². The molecule has 7 nitrogen and oxygen atoms in total. The summed E-state index contributed by atoms with van der Waals surface area (Å²) in [5, 5.41) is 4.95. The van der Waals surface area contributed by atoms with Crippen molar-refractivity contribution in [3.05, 3.63) is 54.5 Å². The Kier molecular flexibility index (Phi) is 5.93. The van der Waals surface area contributed by atoms with Gasteiger partial charge in [-0.15, -0.1) is 0 Å². The van der Waals surface area contributed by atoms with E-state index in [2.05, 4.69) is 39.6 Å². The third kappa shape index (κ3) is 4.26. The van der Waals surface area contributed by atoms with E-state index in [1.54, 1.807) is 0 Å². The third-order valence-corrected chi connectivity index (χ3v) is 5.83. The normalized spacial score (nSPS) is 17.2. The number of ether oxygens (including phenoxy) is 1. The fraction of sp³-hybridized carbons (Fsp3) is 0.375. The molecule has 0 saturated carbocycles. The molecule has 2 aromatic carbocycles. The number of H-pyrrole nitrogens is 1. The molecule has 1 aliphatic rings. The largest absolute Gasteiger partial charge is 0.453 e. The molecule has 2 heterocycles. The lowest BCUT2D eigenvalue weighted by Gasteiger charge is -2.30. The molecule has 1 aromatic heterocycles. The number of aromatic nitrogens is 2. The number of imidazole rings is 1. The number of fused-ring (bicyclic) bond motifs is 1. The first-order valence-corrected chi connectivity index (χ1v) is 10.6. The lowest BCUT2D eigenvalue weighted by Crippen LogP contribution is -2.51. The molecule has 0 bridgehead atoms. The highest BCUT2D eigenvalue weighted by molar-refractivity contribution is 5.87. The number of benzene rings is 2. The number of aromatic amines is 1. The van der Waals surface area contributed by atoms with Crippen molar-refractivity contribution in [1.82, 2.24) is 20.2 Å². The second kappa shape index (κ2) is 8.79. The van der Waals surface area contributed by atoms with Gasteiger partial charge in [0.1, 0.15) is 11.9 Å². The fourth-order valence-electron chi connectivity index (χ4n) is 4.14. The summed E-state index contributed by atoms with van der Waals surface area (Å²) < 4.78 is 4.70. The smallest absolute Gasteiger partial charge is 0.407 e. The summed E-state index contributed by atoms with van der Waals surface area (Å²) >= 11 is 0. The lowest BCUT2D eigenvalue weighted by molar-refractivity contribution is -0.135. The van der Waals surface area contributed by atoms with E-state index in [0.717, 1.165) is 40.7 Å². The number of nitrogens with zero attached hydrogens (tertiary/aromatic N) is 2. The second-order valence-corrected chi connectivity index (χ2v) is 8.22. The van der Waals surface area contributed by atoms with E-state index < -0.39 is 12.1 Å². The number of amides is 2. The maximum atomic E-state index is 13.3. The molecule has 0 aliphatic carbocycles. The average Bonchev–Trinajstić information content (AvgIpc) is 3.45. The highest BCUT2D eigenvalue weighted by atomic mass is 16.5. The minimum Gasteiger partial charge on any atom is -0.453 e. The first kappa shape index (κ1) is 20.9. The van der Waals surface area contributed by atoms with Gasteiger partial charge in [-0.25, -0.2) is 9.78 Å². The first-order chi connectivity index (χ1) is 15.0. The topological polar surface area (TPSA) is 87.3 Å². The van der Waals surface area contributed by atoms with Crippen molar-refractivity contribution in [3.8, 4) is 11.3 Å². The van der Waals surface area contributed by atoms with Gasteiger partial charge in [0.05, 0.1) is 25.0 Å². The highest BCUT2D eigenvalue weighted by Gasteiger charge is 2.37. The van der Waals surface area contributed by atoms with E-state index in [9.17, 15) is 9.59 Å². The number of rotatable bonds is 5. The molecule has 1 radical (unpaired) electrons. The predicted octanol–water partition coefficient (Wildman–Crippen LogP) is 4.07. The van der Waals surface area contributed by atoms with Crippen LogP contribution in [0.25, 0.3) is 22.0 Å². The van der Waals surface area contributed by atoms with Crippen LogP contribution < -0.4 is 5.32 Å². The third-order valence-electron chi connectivity index (χ3n) is 5.83. The number of hydrogen-bond donors (Lipinski definition) is 2. The molecule has 4 rings (SSSR count). The predicted molar refractivity (Wildman–Crippen MR) is 118 cm³/mol. The van der Waals surface area contributed by atoms with Gasteiger partial charge in [-0.2, -0.15) is 0 Å². The number of alkyl carbamates (subject to hydrolysis) is 1. The number of methoxy groups -OCH3 is 1. The monoisotopic (exact) mass is 419 g/mol. The molecule has 2 amide bonds. The van der Waals surface area contributed by atoms with Crippen LogP contribution in [0.5, 0.6) is 0 Å². The van der Waals surface area contributed by atoms with Crippen molar-refractivity contribution >= 4 is 22.8 Å². The Morgan fingerprint density at radius 1 is 1.29 bits per heavy atom. The zero-order valence-corrected chi connectivity index (χ0v) is 18.0. The summed E-state index contributed by atoms with van der Waals surface area (Å²) in [6.07, 6.45) is 2.94. The summed E-state index contributed by atoms with van der Waals surface area (Å²) in [6, 6.07) is 14.5. The molecule has 0 unspecified atom stereocenters. The molecule has 1 fully saturated rings. The Bertz CT molecular complexity index is 1090. The number of carbonyl (C=O) groups is 2. The Balaban J connectivity index is 1.57. The van der Waals surface area contributed by atoms with E-state index in [4.69, 9.17) is 4.74 Å². The number of nitrogens with one attached hydrogen (secondary N) is 2. The van der Waals surface area contributed by atoms with Gasteiger partial charge in [0.25, 0.3) is 0 Å². The highest BCUT2D eigenvalue weighted by Crippen LogP contribution is 2.33. The van der Waals surface area contributed by atoms with Crippen LogP contribution in [0.1, 0.15) is 38.6 Å². The Morgan fingerprint density at radius 3 is 2.90 bits per heavy atom. The molecule has 0 spiro atoms. The molecule has 161 valence electrons. The molecular weight excluding hydrogens is 392 g/mol. The van der Waals surface area contributed by atoms with Crippen molar-refractivity contribution in [3.63, 3.8) is 0 Å². The summed E-state index contributed by atoms with van der Waals surface area (Å²) in [5.74, 6) is 0.598. The Hall–Kier alpha value is -3.35. The summed E-state index contributed by atoms with van der Waals surface area (Å²) in [4.78, 5) is 34.8. The molecular formula is C24H27N4O3. The average molecular weight is 420 g/mol. The summed E-state index contributed by atoms with van der Waals surface area (Å²) in [5.41, 5.74) is 1.96. The molecule has 2 N–H and O–H groups in total. The number of carbonyl (C=O) groups excluding carboxylic acids is 2. The van der Waals surface area contributed by atoms with Crippen LogP contribution in [0.2, 0.25) is 0 Å². The quantitative estimate of drug-likeness (QED) is 0.653. The molecule has 1 saturated heterocycles. The molecule has 1 aliphatic heterocycles. The van der Waals surface area contributed by atoms with Gasteiger partial charge >= 0.3 is 6.09 Å². The minimum absolute atomic E-state index is 0.0603. The van der Waals surface area contributed by atoms with Gasteiger partial charge in [0.15, 0.2) is 0 Å². The van der Waals surface area contributed by atoms with Crippen molar-refractivity contribution in [2.24, 2.45) is 5.92 Å². The van der Waals surface area contributed by atoms with E-state index in [0.29, 0.717) is 6.54 Å². The maximum Gasteiger partial charge on any atom is 0.407 e. The number of hydrogen-bond acceptors (Lipinski definition) is 4. The van der Waals surface area contributed by atoms with Crippen molar-refractivity contribution in [2.75, 3.05) is 13.7 Å². The fourth-order valence-corrected chi connectivity index (χ4v) is 4.14. The zero-order valence-electron chi connectivity index (χ0n) is 18.0. The Morgan fingerprint density at radius 2 is 2.13 bits per heavy atom. The van der Waals surface area contributed by atoms with E-state index in [1.165, 1.54) is 7.11 Å². The summed E-state index contributed by atoms with van der Waals surface area (Å²) in [7, 11) is 1.30. The summed E-state index contributed by atoms with van der Waals surface area (Å²) in [6.45, 7) is 4.45. The maximum absolute atomic E-state index is 13.3. The van der Waals surface area contributed by atoms with Gasteiger partial charge in [0, 0.05) is 12.1 Å². The standard InChI is InChI=1S/C24H27N4O3/c1-15(2)21(27-24(30)31-3)23(29)28-12-6-9-20(28)22-25-14-19(26-22)18-11-10-16-7-4-5-8-17(16)13-18/h5,7-8,10-11,13-15,20-21H,6,9,12H2,1-3H3,(H,25,26)(H,27,30)/t20-,21-/m0/s1. The zero-order chi connectivity index (χ0) is 22.0. The van der Waals surface area contributed by atoms with Gasteiger partial charge in [-0.05, 0) is 47.7 Å². The van der Waals surface area contributed by atoms with Crippen LogP contribution in [0.15, 0.2) is 42.6 Å². The van der Waals surface area contributed by atoms with Crippen molar-refractivity contribution in [2.45, 2.75) is 38.8 Å². The van der Waals surface area contributed by atoms with Crippen LogP contribution in [0.4, 0.5) is 4.79 Å². The molecule has 3 aromatic rings. The Labute approximate surface area is 181 Å². The molecule has 31 heavy (non-hydrogen) atoms. The van der Waals surface area contributed by atoms with Crippen LogP contribution in [0, 0.1) is 12.0 Å². The first-order valence-electron chi connectivity index (χ1n) is 10.6. The van der Waals surface area contributed by atoms with Gasteiger partial charge in [-0.3, -0.25) is 4.79 Å². The van der Waals surface area contributed by atoms with Gasteiger partial charge in [-0.1, -0.05) is 38.1 Å². The van der Waals surface area contributed by atoms with Crippen molar-refractivity contribution in [1.29, 1.82) is 0 Å². The van der Waals surface area contributed by atoms with Crippen LogP contribution >= 0.6 is 0 Å². The van der Waals surface area contributed by atoms with E-state index >= 15 is 0 Å². The lowest BCUT2D eigenvalue weighted by atomic mass is 10.0. The number of likely N-dealkylation sites (tertiary alicyclic amines) is 1. The van der Waals surface area contributed by atoms with Crippen LogP contribution in [-0.2, 0) is 9.53 Å². The molecule has 7 heteroatoms. The minimum atomic E-state index is -0.639. The SMILES string of the molecule is COC(=O)N[C@H](C(=O)N1CCC[C@H]1c1ncc(-c2ccc3c[c]ccc3c2)[nH]1)C(C)C.